The number of hydrogen-bond donors (Lipinski definition) is 0. The third-order valence-corrected chi connectivity index (χ3v) is 5.34. The number of hydrogen-bond acceptors (Lipinski definition) is 2. The summed E-state index contributed by atoms with van der Waals surface area (Å²) in [5, 5.41) is 4.67. The van der Waals surface area contributed by atoms with E-state index in [9.17, 15) is 13.2 Å². The number of para-hydroxylation sites is 1. The molecule has 0 N–H and O–H groups in total. The van der Waals surface area contributed by atoms with Gasteiger partial charge in [0.05, 0.1) is 23.0 Å². The van der Waals surface area contributed by atoms with Crippen LogP contribution in [0.5, 0.6) is 0 Å². The number of allylic oxidation sites excluding steroid dienone is 6. The van der Waals surface area contributed by atoms with E-state index in [4.69, 9.17) is 0 Å². The van der Waals surface area contributed by atoms with E-state index in [1.54, 1.807) is 26.0 Å². The van der Waals surface area contributed by atoms with E-state index < -0.39 is 11.7 Å². The molecule has 0 bridgehead atoms. The molecule has 1 aliphatic heterocycles. The van der Waals surface area contributed by atoms with Gasteiger partial charge in [0.1, 0.15) is 0 Å². The fourth-order valence-corrected chi connectivity index (χ4v) is 3.87. The van der Waals surface area contributed by atoms with E-state index in [0.717, 1.165) is 30.8 Å². The zero-order valence-electron chi connectivity index (χ0n) is 17.7. The van der Waals surface area contributed by atoms with Gasteiger partial charge in [-0.2, -0.15) is 18.3 Å². The zero-order chi connectivity index (χ0) is 21.7. The van der Waals surface area contributed by atoms with Gasteiger partial charge in [0, 0.05) is 24.9 Å². The molecule has 30 heavy (non-hydrogen) atoms. The van der Waals surface area contributed by atoms with Crippen LogP contribution in [0, 0.1) is 0 Å². The van der Waals surface area contributed by atoms with Crippen molar-refractivity contribution in [3.8, 4) is 0 Å². The first-order valence-electron chi connectivity index (χ1n) is 10.3. The Labute approximate surface area is 176 Å². The first-order chi connectivity index (χ1) is 14.3. The number of benzene rings is 1. The van der Waals surface area contributed by atoms with Gasteiger partial charge in [-0.25, -0.2) is 0 Å². The molecule has 3 rings (SSSR count). The number of nitrogens with zero attached hydrogens (tertiary/aromatic N) is 3. The van der Waals surface area contributed by atoms with E-state index >= 15 is 0 Å². The van der Waals surface area contributed by atoms with Crippen LogP contribution in [0.15, 0.2) is 66.3 Å². The first kappa shape index (κ1) is 21.9. The Morgan fingerprint density at radius 1 is 1.27 bits per heavy atom. The van der Waals surface area contributed by atoms with Crippen molar-refractivity contribution in [1.29, 1.82) is 0 Å². The molecule has 1 aromatic heterocycles. The summed E-state index contributed by atoms with van der Waals surface area (Å²) in [7, 11) is 2.05. The monoisotopic (exact) mass is 415 g/mol. The number of halogens is 3. The van der Waals surface area contributed by atoms with Crippen LogP contribution in [-0.4, -0.2) is 23.0 Å². The van der Waals surface area contributed by atoms with Crippen molar-refractivity contribution >= 4 is 11.3 Å². The van der Waals surface area contributed by atoms with Crippen LogP contribution in [0.4, 0.5) is 18.9 Å². The Kier molecular flexibility index (Phi) is 6.85. The molecule has 0 fully saturated rings. The van der Waals surface area contributed by atoms with Gasteiger partial charge in [-0.1, -0.05) is 43.4 Å². The van der Waals surface area contributed by atoms with E-state index in [1.807, 2.05) is 28.9 Å². The van der Waals surface area contributed by atoms with Crippen molar-refractivity contribution in [2.45, 2.75) is 51.9 Å². The summed E-state index contributed by atoms with van der Waals surface area (Å²) < 4.78 is 42.3. The van der Waals surface area contributed by atoms with Crippen LogP contribution in [0.1, 0.15) is 50.5 Å². The zero-order valence-corrected chi connectivity index (χ0v) is 17.7. The predicted octanol–water partition coefficient (Wildman–Crippen LogP) is 6.71. The maximum atomic E-state index is 13.4. The number of anilines is 1. The number of aromatic nitrogens is 2. The number of aryl methyl sites for hydroxylation is 1. The summed E-state index contributed by atoms with van der Waals surface area (Å²) in [5.41, 5.74) is 2.54. The molecule has 3 nitrogen and oxygen atoms in total. The number of fused-ring (bicyclic) bond motifs is 1. The Bertz CT molecular complexity index is 936. The highest BCUT2D eigenvalue weighted by Crippen LogP contribution is 2.35. The highest BCUT2D eigenvalue weighted by Gasteiger charge is 2.32. The minimum atomic E-state index is -4.39. The van der Waals surface area contributed by atoms with E-state index in [1.165, 1.54) is 12.2 Å². The van der Waals surface area contributed by atoms with Gasteiger partial charge in [-0.15, -0.1) is 0 Å². The summed E-state index contributed by atoms with van der Waals surface area (Å²) >= 11 is 0. The maximum Gasteiger partial charge on any atom is 0.416 e. The normalized spacial score (nSPS) is 18.0. The minimum Gasteiger partial charge on any atom is -0.366 e. The van der Waals surface area contributed by atoms with Gasteiger partial charge in [0.15, 0.2) is 0 Å². The van der Waals surface area contributed by atoms with E-state index in [-0.39, 0.29) is 6.04 Å². The van der Waals surface area contributed by atoms with Crippen molar-refractivity contribution in [2.24, 2.45) is 0 Å². The molecule has 0 saturated carbocycles. The molecule has 1 aliphatic rings. The summed E-state index contributed by atoms with van der Waals surface area (Å²) in [6.45, 7) is 4.27. The Hall–Kier alpha value is -2.76. The molecular formula is C24H28F3N3. The van der Waals surface area contributed by atoms with E-state index in [2.05, 4.69) is 29.2 Å². The number of alkyl halides is 3. The summed E-state index contributed by atoms with van der Waals surface area (Å²) in [6.07, 6.45) is 3.73. The SMILES string of the molecule is C\C=C/C(=C\C(=C\CC)C(F)(F)F)c1cc2n(n1)CCCC2N(C)c1ccccc1. The fourth-order valence-electron chi connectivity index (χ4n) is 3.87. The van der Waals surface area contributed by atoms with Crippen LogP contribution in [0.2, 0.25) is 0 Å². The molecule has 0 amide bonds. The van der Waals surface area contributed by atoms with Crippen LogP contribution >= 0.6 is 0 Å². The van der Waals surface area contributed by atoms with Crippen LogP contribution in [-0.2, 0) is 6.54 Å². The second-order valence-corrected chi connectivity index (χ2v) is 7.45. The van der Waals surface area contributed by atoms with Gasteiger partial charge in [-0.3, -0.25) is 4.68 Å². The maximum absolute atomic E-state index is 13.4. The summed E-state index contributed by atoms with van der Waals surface area (Å²) in [4.78, 5) is 2.22. The molecule has 2 heterocycles. The molecule has 0 spiro atoms. The first-order valence-corrected chi connectivity index (χ1v) is 10.3. The van der Waals surface area contributed by atoms with Gasteiger partial charge in [0.25, 0.3) is 0 Å². The molecule has 0 saturated heterocycles. The number of rotatable bonds is 6. The Morgan fingerprint density at radius 2 is 2.00 bits per heavy atom. The molecule has 160 valence electrons. The van der Waals surface area contributed by atoms with E-state index in [0.29, 0.717) is 17.7 Å². The van der Waals surface area contributed by atoms with Gasteiger partial charge in [-0.05, 0) is 50.5 Å². The van der Waals surface area contributed by atoms with Crippen molar-refractivity contribution in [3.63, 3.8) is 0 Å². The lowest BCUT2D eigenvalue weighted by molar-refractivity contribution is -0.0883. The van der Waals surface area contributed by atoms with Gasteiger partial charge < -0.3 is 4.90 Å². The molecule has 6 heteroatoms. The fraction of sp³-hybridized carbons (Fsp3) is 0.375. The third-order valence-electron chi connectivity index (χ3n) is 5.34. The quantitative estimate of drug-likeness (QED) is 0.489. The lowest BCUT2D eigenvalue weighted by atomic mass is 10.0. The Morgan fingerprint density at radius 3 is 2.63 bits per heavy atom. The van der Waals surface area contributed by atoms with Crippen LogP contribution in [0.3, 0.4) is 0 Å². The average Bonchev–Trinajstić information content (AvgIpc) is 3.16. The van der Waals surface area contributed by atoms with Gasteiger partial charge in [0.2, 0.25) is 0 Å². The molecule has 0 aliphatic carbocycles. The largest absolute Gasteiger partial charge is 0.416 e. The smallest absolute Gasteiger partial charge is 0.366 e. The highest BCUT2D eigenvalue weighted by atomic mass is 19.4. The van der Waals surface area contributed by atoms with Gasteiger partial charge >= 0.3 is 6.18 Å². The summed E-state index contributed by atoms with van der Waals surface area (Å²) in [6, 6.07) is 12.2. The molecule has 1 aromatic carbocycles. The molecule has 0 radical (unpaired) electrons. The minimum absolute atomic E-state index is 0.127. The topological polar surface area (TPSA) is 21.1 Å². The summed E-state index contributed by atoms with van der Waals surface area (Å²) in [5.74, 6) is 0. The van der Waals surface area contributed by atoms with Crippen molar-refractivity contribution in [3.05, 3.63) is 77.7 Å². The molecular weight excluding hydrogens is 387 g/mol. The molecule has 1 unspecified atom stereocenters. The lowest BCUT2D eigenvalue weighted by Crippen LogP contribution is -2.29. The molecule has 2 aromatic rings. The lowest BCUT2D eigenvalue weighted by Gasteiger charge is -2.33. The van der Waals surface area contributed by atoms with Crippen molar-refractivity contribution < 1.29 is 13.2 Å². The highest BCUT2D eigenvalue weighted by molar-refractivity contribution is 5.74. The predicted molar refractivity (Wildman–Crippen MR) is 116 cm³/mol. The van der Waals surface area contributed by atoms with Crippen LogP contribution in [0.25, 0.3) is 5.57 Å². The van der Waals surface area contributed by atoms with Crippen LogP contribution < -0.4 is 4.90 Å². The second-order valence-electron chi connectivity index (χ2n) is 7.45. The van der Waals surface area contributed by atoms with Crippen molar-refractivity contribution in [2.75, 3.05) is 11.9 Å². The average molecular weight is 416 g/mol. The standard InChI is InChI=1S/C24H28F3N3/c1-4-10-18(16-19(11-5-2)24(25,26)27)21-17-23-22(14-9-15-30(23)28-21)29(3)20-12-7-6-8-13-20/h4,6-8,10-13,16-17,22H,5,9,14-15H2,1-3H3/b10-4-,18-16+,19-11-. The second kappa shape index (κ2) is 9.37. The van der Waals surface area contributed by atoms with Crippen molar-refractivity contribution in [1.82, 2.24) is 9.78 Å². The molecule has 1 atom stereocenters. The Balaban J connectivity index is 2.00. The third kappa shape index (κ3) is 4.86.